The predicted octanol–water partition coefficient (Wildman–Crippen LogP) is 2.45. The quantitative estimate of drug-likeness (QED) is 0.522. The Balaban J connectivity index is 1.47. The van der Waals surface area contributed by atoms with Crippen molar-refractivity contribution in [2.45, 2.75) is 6.10 Å². The lowest BCUT2D eigenvalue weighted by molar-refractivity contribution is 0.0383. The maximum atomic E-state index is 12.8. The molecule has 1 aromatic carbocycles. The Kier molecular flexibility index (Phi) is 6.28. The highest BCUT2D eigenvalue weighted by Crippen LogP contribution is 2.25. The van der Waals surface area contributed by atoms with Crippen molar-refractivity contribution in [2.75, 3.05) is 36.4 Å². The van der Waals surface area contributed by atoms with Crippen molar-refractivity contribution in [1.29, 1.82) is 0 Å². The largest absolute Gasteiger partial charge is 0.485 e. The van der Waals surface area contributed by atoms with Gasteiger partial charge in [0.25, 0.3) is 5.91 Å². The highest BCUT2D eigenvalue weighted by molar-refractivity contribution is 7.92. The molecule has 0 saturated carbocycles. The fourth-order valence-corrected chi connectivity index (χ4v) is 4.25. The Labute approximate surface area is 196 Å². The number of rotatable bonds is 7. The summed E-state index contributed by atoms with van der Waals surface area (Å²) in [6.45, 7) is 1.74. The number of aromatic nitrogens is 3. The van der Waals surface area contributed by atoms with E-state index in [2.05, 4.69) is 24.9 Å². The molecule has 4 rings (SSSR count). The fourth-order valence-electron chi connectivity index (χ4n) is 3.47. The molecule has 1 fully saturated rings. The van der Waals surface area contributed by atoms with Crippen LogP contribution in [0.1, 0.15) is 10.4 Å². The highest BCUT2D eigenvalue weighted by atomic mass is 35.5. The van der Waals surface area contributed by atoms with Crippen LogP contribution in [0.3, 0.4) is 0 Å². The first-order valence-electron chi connectivity index (χ1n) is 9.99. The predicted molar refractivity (Wildman–Crippen MR) is 126 cm³/mol. The molecule has 1 aliphatic rings. The number of likely N-dealkylation sites (tertiary alicyclic amines) is 1. The van der Waals surface area contributed by atoms with E-state index in [1.165, 1.54) is 18.2 Å². The zero-order valence-electron chi connectivity index (χ0n) is 18.2. The summed E-state index contributed by atoms with van der Waals surface area (Å²) < 4.78 is 32.9. The van der Waals surface area contributed by atoms with Crippen molar-refractivity contribution in [3.63, 3.8) is 0 Å². The van der Waals surface area contributed by atoms with Gasteiger partial charge < -0.3 is 14.6 Å². The zero-order valence-corrected chi connectivity index (χ0v) is 19.8. The third kappa shape index (κ3) is 5.81. The number of benzene rings is 1. The van der Waals surface area contributed by atoms with Gasteiger partial charge in [0.15, 0.2) is 11.6 Å². The van der Waals surface area contributed by atoms with Crippen molar-refractivity contribution in [1.82, 2.24) is 19.4 Å². The van der Waals surface area contributed by atoms with Gasteiger partial charge in [0.2, 0.25) is 10.0 Å². The molecule has 3 aromatic rings. The Bertz CT molecular complexity index is 1290. The minimum Gasteiger partial charge on any atom is -0.485 e. The number of aryl methyl sites for hydroxylation is 1. The van der Waals surface area contributed by atoms with Gasteiger partial charge in [-0.25, -0.2) is 18.4 Å². The van der Waals surface area contributed by atoms with E-state index in [4.69, 9.17) is 16.3 Å². The van der Waals surface area contributed by atoms with Crippen LogP contribution in [0.15, 0.2) is 42.9 Å². The Hall–Kier alpha value is -3.15. The summed E-state index contributed by atoms with van der Waals surface area (Å²) in [5, 5.41) is 3.00. The second-order valence-corrected chi connectivity index (χ2v) is 10.2. The first-order valence-corrected chi connectivity index (χ1v) is 12.3. The van der Waals surface area contributed by atoms with Crippen LogP contribution in [-0.2, 0) is 17.1 Å². The van der Waals surface area contributed by atoms with Crippen LogP contribution < -0.4 is 14.8 Å². The number of nitrogens with one attached hydrogen (secondary N) is 2. The molecule has 2 aromatic heterocycles. The number of hydrogen-bond donors (Lipinski definition) is 2. The van der Waals surface area contributed by atoms with Gasteiger partial charge in [-0.2, -0.15) is 0 Å². The average molecular weight is 491 g/mol. The molecular weight excluding hydrogens is 468 g/mol. The fraction of sp³-hybridized carbons (Fsp3) is 0.286. The van der Waals surface area contributed by atoms with Crippen LogP contribution in [0.25, 0.3) is 11.5 Å². The summed E-state index contributed by atoms with van der Waals surface area (Å²) in [6.07, 6.45) is 6.08. The van der Waals surface area contributed by atoms with Crippen LogP contribution in [0.5, 0.6) is 5.75 Å². The summed E-state index contributed by atoms with van der Waals surface area (Å²) in [5.74, 6) is 0.666. The normalized spacial score (nSPS) is 14.5. The first-order chi connectivity index (χ1) is 15.6. The molecule has 2 N–H and O–H groups in total. The number of halogens is 1. The molecule has 33 heavy (non-hydrogen) atoms. The van der Waals surface area contributed by atoms with E-state index in [9.17, 15) is 13.2 Å². The lowest BCUT2D eigenvalue weighted by atomic mass is 10.2. The van der Waals surface area contributed by atoms with Crippen LogP contribution in [0.4, 0.5) is 11.4 Å². The topological polar surface area (TPSA) is 118 Å². The molecule has 1 saturated heterocycles. The number of sulfonamides is 1. The average Bonchev–Trinajstić information content (AvgIpc) is 3.07. The molecular formula is C21H23ClN6O4S. The van der Waals surface area contributed by atoms with Gasteiger partial charge in [-0.15, -0.1) is 0 Å². The van der Waals surface area contributed by atoms with Crippen molar-refractivity contribution in [3.05, 3.63) is 53.4 Å². The number of likely N-dealkylation sites (N-methyl/N-ethyl adjacent to an activating group) is 1. The van der Waals surface area contributed by atoms with E-state index >= 15 is 0 Å². The SMILES string of the molecule is CN1CC(Oc2cnc(-c3cc(C(=O)Nc4cc(Cl)cc(NS(C)(=O)=O)c4)cn3C)nc2)C1. The molecule has 0 bridgehead atoms. The van der Waals surface area contributed by atoms with E-state index in [-0.39, 0.29) is 16.8 Å². The molecule has 0 unspecified atom stereocenters. The van der Waals surface area contributed by atoms with E-state index in [0.29, 0.717) is 28.5 Å². The summed E-state index contributed by atoms with van der Waals surface area (Å²) in [6, 6.07) is 6.13. The molecule has 1 aliphatic heterocycles. The van der Waals surface area contributed by atoms with E-state index in [0.717, 1.165) is 19.3 Å². The molecule has 10 nitrogen and oxygen atoms in total. The number of hydrogen-bond acceptors (Lipinski definition) is 7. The van der Waals surface area contributed by atoms with Gasteiger partial charge in [0.1, 0.15) is 6.10 Å². The minimum atomic E-state index is -3.48. The van der Waals surface area contributed by atoms with Crippen LogP contribution >= 0.6 is 11.6 Å². The summed E-state index contributed by atoms with van der Waals surface area (Å²) >= 11 is 6.06. The first kappa shape index (κ1) is 23.0. The number of ether oxygens (including phenoxy) is 1. The molecule has 174 valence electrons. The monoisotopic (exact) mass is 490 g/mol. The summed E-state index contributed by atoms with van der Waals surface area (Å²) in [5.41, 5.74) is 1.63. The number of anilines is 2. The Morgan fingerprint density at radius 3 is 2.42 bits per heavy atom. The van der Waals surface area contributed by atoms with E-state index < -0.39 is 15.9 Å². The molecule has 0 atom stereocenters. The van der Waals surface area contributed by atoms with Gasteiger partial charge in [-0.05, 0) is 31.3 Å². The lowest BCUT2D eigenvalue weighted by Crippen LogP contribution is -2.51. The molecule has 1 amide bonds. The van der Waals surface area contributed by atoms with E-state index in [1.54, 1.807) is 36.3 Å². The van der Waals surface area contributed by atoms with Crippen molar-refractivity contribution < 1.29 is 17.9 Å². The van der Waals surface area contributed by atoms with Gasteiger partial charge in [-0.1, -0.05) is 11.6 Å². The lowest BCUT2D eigenvalue weighted by Gasteiger charge is -2.35. The zero-order chi connectivity index (χ0) is 23.8. The second kappa shape index (κ2) is 9.00. The van der Waals surface area contributed by atoms with Gasteiger partial charge >= 0.3 is 0 Å². The standard InChI is InChI=1S/C21H23ClN6O4S/c1-27-11-18(12-27)32-17-8-23-20(24-9-17)19-4-13(10-28(19)2)21(29)25-15-5-14(22)6-16(7-15)26-33(3,30)31/h4-10,18,26H,11-12H2,1-3H3,(H,25,29). The van der Waals surface area contributed by atoms with Gasteiger partial charge in [0, 0.05) is 37.0 Å². The number of carbonyl (C=O) groups excluding carboxylic acids is 1. The van der Waals surface area contributed by atoms with Crippen molar-refractivity contribution in [3.8, 4) is 17.3 Å². The minimum absolute atomic E-state index is 0.148. The Morgan fingerprint density at radius 1 is 1.12 bits per heavy atom. The Morgan fingerprint density at radius 2 is 1.79 bits per heavy atom. The maximum absolute atomic E-state index is 12.8. The second-order valence-electron chi connectivity index (χ2n) is 7.99. The molecule has 0 radical (unpaired) electrons. The molecule has 0 spiro atoms. The number of carbonyl (C=O) groups is 1. The highest BCUT2D eigenvalue weighted by Gasteiger charge is 2.25. The van der Waals surface area contributed by atoms with Crippen molar-refractivity contribution in [2.24, 2.45) is 7.05 Å². The van der Waals surface area contributed by atoms with Crippen LogP contribution in [0.2, 0.25) is 5.02 Å². The third-order valence-corrected chi connectivity index (χ3v) is 5.74. The maximum Gasteiger partial charge on any atom is 0.257 e. The third-order valence-electron chi connectivity index (χ3n) is 4.92. The number of amides is 1. The van der Waals surface area contributed by atoms with Crippen LogP contribution in [0, 0.1) is 0 Å². The smallest absolute Gasteiger partial charge is 0.257 e. The molecule has 3 heterocycles. The van der Waals surface area contributed by atoms with E-state index in [1.807, 2.05) is 7.05 Å². The molecule has 12 heteroatoms. The van der Waals surface area contributed by atoms with Gasteiger partial charge in [0.05, 0.1) is 35.6 Å². The summed E-state index contributed by atoms with van der Waals surface area (Å²) in [4.78, 5) is 23.7. The number of nitrogens with zero attached hydrogens (tertiary/aromatic N) is 4. The van der Waals surface area contributed by atoms with Crippen LogP contribution in [-0.4, -0.2) is 66.3 Å². The molecule has 0 aliphatic carbocycles. The van der Waals surface area contributed by atoms with Crippen molar-refractivity contribution >= 4 is 38.9 Å². The summed E-state index contributed by atoms with van der Waals surface area (Å²) in [7, 11) is 0.333. The van der Waals surface area contributed by atoms with Gasteiger partial charge in [-0.3, -0.25) is 14.4 Å².